The van der Waals surface area contributed by atoms with Gasteiger partial charge in [0.2, 0.25) is 5.82 Å². The van der Waals surface area contributed by atoms with Crippen molar-refractivity contribution in [3.05, 3.63) is 29.8 Å². The molecule has 0 radical (unpaired) electrons. The zero-order chi connectivity index (χ0) is 14.5. The van der Waals surface area contributed by atoms with E-state index in [1.807, 2.05) is 0 Å². The van der Waals surface area contributed by atoms with Gasteiger partial charge in [-0.1, -0.05) is 19.1 Å². The molecule has 8 nitrogen and oxygen atoms in total. The zero-order valence-electron chi connectivity index (χ0n) is 10.7. The van der Waals surface area contributed by atoms with Crippen molar-refractivity contribution < 1.29 is 14.7 Å². The summed E-state index contributed by atoms with van der Waals surface area (Å²) in [4.78, 5) is 22.8. The minimum atomic E-state index is -1.05. The lowest BCUT2D eigenvalue weighted by Crippen LogP contribution is -2.40. The van der Waals surface area contributed by atoms with E-state index in [1.54, 1.807) is 31.2 Å². The number of carboxylic acid groups (broad SMARTS) is 1. The van der Waals surface area contributed by atoms with Crippen molar-refractivity contribution in [3.8, 4) is 11.4 Å². The number of H-pyrrole nitrogens is 1. The summed E-state index contributed by atoms with van der Waals surface area (Å²) in [5, 5.41) is 24.8. The average molecular weight is 275 g/mol. The van der Waals surface area contributed by atoms with Gasteiger partial charge in [-0.15, -0.1) is 10.2 Å². The van der Waals surface area contributed by atoms with Crippen molar-refractivity contribution in [1.82, 2.24) is 25.9 Å². The molecule has 0 unspecified atom stereocenters. The molecule has 0 aliphatic carbocycles. The number of hydrogen-bond acceptors (Lipinski definition) is 5. The monoisotopic (exact) mass is 275 g/mol. The maximum Gasteiger partial charge on any atom is 0.326 e. The lowest BCUT2D eigenvalue weighted by atomic mass is 10.1. The molecule has 104 valence electrons. The van der Waals surface area contributed by atoms with Crippen LogP contribution in [0.4, 0.5) is 0 Å². The summed E-state index contributed by atoms with van der Waals surface area (Å²) in [5.74, 6) is -1.06. The summed E-state index contributed by atoms with van der Waals surface area (Å²) in [6.45, 7) is 1.69. The number of aromatic amines is 1. The fourth-order valence-corrected chi connectivity index (χ4v) is 1.63. The molecule has 1 heterocycles. The highest BCUT2D eigenvalue weighted by Gasteiger charge is 2.18. The molecule has 3 N–H and O–H groups in total. The number of nitrogens with one attached hydrogen (secondary N) is 2. The fraction of sp³-hybridized carbons (Fsp3) is 0.250. The SMILES string of the molecule is CC[C@@H](NC(=O)c1ccc(-c2nn[nH]n2)cc1)C(=O)O. The van der Waals surface area contributed by atoms with Gasteiger partial charge in [0.15, 0.2) is 0 Å². The highest BCUT2D eigenvalue weighted by atomic mass is 16.4. The van der Waals surface area contributed by atoms with Gasteiger partial charge in [0.25, 0.3) is 5.91 Å². The molecule has 1 amide bonds. The van der Waals surface area contributed by atoms with Crippen LogP contribution in [0.3, 0.4) is 0 Å². The summed E-state index contributed by atoms with van der Waals surface area (Å²) >= 11 is 0. The van der Waals surface area contributed by atoms with Crippen LogP contribution in [0.2, 0.25) is 0 Å². The Morgan fingerprint density at radius 1 is 1.35 bits per heavy atom. The molecule has 0 saturated heterocycles. The first-order valence-corrected chi connectivity index (χ1v) is 5.99. The van der Waals surface area contributed by atoms with Crippen LogP contribution in [0.1, 0.15) is 23.7 Å². The third-order valence-corrected chi connectivity index (χ3v) is 2.76. The summed E-state index contributed by atoms with van der Waals surface area (Å²) in [7, 11) is 0. The Hall–Kier alpha value is -2.77. The highest BCUT2D eigenvalue weighted by Crippen LogP contribution is 2.14. The number of benzene rings is 1. The molecule has 0 aliphatic heterocycles. The maximum absolute atomic E-state index is 11.9. The summed E-state index contributed by atoms with van der Waals surface area (Å²) in [6, 6.07) is 5.60. The van der Waals surface area contributed by atoms with E-state index in [0.29, 0.717) is 23.4 Å². The van der Waals surface area contributed by atoms with Gasteiger partial charge in [-0.05, 0) is 23.8 Å². The molecule has 8 heteroatoms. The van der Waals surface area contributed by atoms with Gasteiger partial charge < -0.3 is 10.4 Å². The van der Waals surface area contributed by atoms with Crippen molar-refractivity contribution in [1.29, 1.82) is 0 Å². The molecule has 0 bridgehead atoms. The minimum Gasteiger partial charge on any atom is -0.480 e. The molecule has 2 rings (SSSR count). The summed E-state index contributed by atoms with van der Waals surface area (Å²) in [6.07, 6.45) is 0.321. The second-order valence-electron chi connectivity index (χ2n) is 4.09. The van der Waals surface area contributed by atoms with Gasteiger partial charge in [-0.2, -0.15) is 5.21 Å². The van der Waals surface area contributed by atoms with Crippen molar-refractivity contribution in [2.75, 3.05) is 0 Å². The second-order valence-corrected chi connectivity index (χ2v) is 4.09. The first-order valence-electron chi connectivity index (χ1n) is 5.99. The minimum absolute atomic E-state index is 0.321. The molecule has 0 fully saturated rings. The van der Waals surface area contributed by atoms with Gasteiger partial charge in [-0.3, -0.25) is 4.79 Å². The Kier molecular flexibility index (Phi) is 4.04. The molecule has 2 aromatic rings. The molecule has 1 aromatic carbocycles. The van der Waals surface area contributed by atoms with E-state index < -0.39 is 17.9 Å². The van der Waals surface area contributed by atoms with E-state index in [4.69, 9.17) is 5.11 Å². The van der Waals surface area contributed by atoms with E-state index in [1.165, 1.54) is 0 Å². The van der Waals surface area contributed by atoms with E-state index >= 15 is 0 Å². The molecule has 20 heavy (non-hydrogen) atoms. The predicted molar refractivity (Wildman–Crippen MR) is 68.8 cm³/mol. The number of hydrogen-bond donors (Lipinski definition) is 3. The topological polar surface area (TPSA) is 121 Å². The van der Waals surface area contributed by atoms with Gasteiger partial charge in [0.1, 0.15) is 6.04 Å². The first-order chi connectivity index (χ1) is 9.61. The highest BCUT2D eigenvalue weighted by molar-refractivity contribution is 5.96. The Balaban J connectivity index is 2.10. The summed E-state index contributed by atoms with van der Waals surface area (Å²) in [5.41, 5.74) is 1.08. The number of aliphatic carboxylic acids is 1. The van der Waals surface area contributed by atoms with Crippen molar-refractivity contribution >= 4 is 11.9 Å². The second kappa shape index (κ2) is 5.91. The lowest BCUT2D eigenvalue weighted by Gasteiger charge is -2.12. The Morgan fingerprint density at radius 3 is 2.55 bits per heavy atom. The number of carboxylic acids is 1. The Labute approximate surface area is 114 Å². The first kappa shape index (κ1) is 13.7. The molecule has 0 aliphatic rings. The number of amides is 1. The van der Waals surface area contributed by atoms with Gasteiger partial charge in [0.05, 0.1) is 0 Å². The van der Waals surface area contributed by atoms with E-state index in [2.05, 4.69) is 25.9 Å². The van der Waals surface area contributed by atoms with Gasteiger partial charge >= 0.3 is 5.97 Å². The largest absolute Gasteiger partial charge is 0.480 e. The van der Waals surface area contributed by atoms with Gasteiger partial charge in [0, 0.05) is 11.1 Å². The zero-order valence-corrected chi connectivity index (χ0v) is 10.7. The van der Waals surface area contributed by atoms with Crippen molar-refractivity contribution in [2.24, 2.45) is 0 Å². The fourth-order valence-electron chi connectivity index (χ4n) is 1.63. The van der Waals surface area contributed by atoms with Crippen molar-refractivity contribution in [3.63, 3.8) is 0 Å². The van der Waals surface area contributed by atoms with Crippen molar-refractivity contribution in [2.45, 2.75) is 19.4 Å². The van der Waals surface area contributed by atoms with Crippen LogP contribution >= 0.6 is 0 Å². The van der Waals surface area contributed by atoms with Crippen LogP contribution in [0.25, 0.3) is 11.4 Å². The van der Waals surface area contributed by atoms with E-state index in [0.717, 1.165) is 0 Å². The third kappa shape index (κ3) is 2.97. The van der Waals surface area contributed by atoms with Crippen LogP contribution in [-0.4, -0.2) is 43.6 Å². The molecule has 1 atom stereocenters. The number of tetrazole rings is 1. The molecular weight excluding hydrogens is 262 g/mol. The Morgan fingerprint density at radius 2 is 2.05 bits per heavy atom. The predicted octanol–water partition coefficient (Wildman–Crippen LogP) is 0.460. The summed E-state index contributed by atoms with van der Waals surface area (Å²) < 4.78 is 0. The molecular formula is C12H13N5O3. The van der Waals surface area contributed by atoms with Crippen LogP contribution in [0.5, 0.6) is 0 Å². The van der Waals surface area contributed by atoms with E-state index in [9.17, 15) is 9.59 Å². The molecule has 0 spiro atoms. The smallest absolute Gasteiger partial charge is 0.326 e. The number of rotatable bonds is 5. The quantitative estimate of drug-likeness (QED) is 0.729. The average Bonchev–Trinajstić information content (AvgIpc) is 2.98. The third-order valence-electron chi connectivity index (χ3n) is 2.76. The normalized spacial score (nSPS) is 11.8. The van der Waals surface area contributed by atoms with Crippen LogP contribution in [-0.2, 0) is 4.79 Å². The molecule has 0 saturated carbocycles. The molecule has 1 aromatic heterocycles. The van der Waals surface area contributed by atoms with Crippen LogP contribution in [0, 0.1) is 0 Å². The number of carbonyl (C=O) groups is 2. The van der Waals surface area contributed by atoms with E-state index in [-0.39, 0.29) is 0 Å². The maximum atomic E-state index is 11.9. The number of nitrogens with zero attached hydrogens (tertiary/aromatic N) is 3. The number of aromatic nitrogens is 4. The standard InChI is InChI=1S/C12H13N5O3/c1-2-9(12(19)20)13-11(18)8-5-3-7(4-6-8)10-14-16-17-15-10/h3-6,9H,2H2,1H3,(H,13,18)(H,19,20)(H,14,15,16,17)/t9-/m1/s1. The Bertz CT molecular complexity index is 594. The lowest BCUT2D eigenvalue weighted by molar-refractivity contribution is -0.139. The van der Waals surface area contributed by atoms with Crippen LogP contribution < -0.4 is 5.32 Å². The number of carbonyl (C=O) groups excluding carboxylic acids is 1. The van der Waals surface area contributed by atoms with Gasteiger partial charge in [-0.25, -0.2) is 4.79 Å². The van der Waals surface area contributed by atoms with Crippen LogP contribution in [0.15, 0.2) is 24.3 Å².